The molecule has 0 spiro atoms. The van der Waals surface area contributed by atoms with Crippen LogP contribution in [0.5, 0.6) is 0 Å². The van der Waals surface area contributed by atoms with Gasteiger partial charge in [-0.15, -0.1) is 0 Å². The molecule has 0 bridgehead atoms. The first-order chi connectivity index (χ1) is 12.8. The maximum Gasteiger partial charge on any atom is 0.311 e. The largest absolute Gasteiger partial charge is 0.452 e. The number of anilines is 1. The van der Waals surface area contributed by atoms with Crippen molar-refractivity contribution in [2.45, 2.75) is 45.6 Å². The van der Waals surface area contributed by atoms with E-state index >= 15 is 0 Å². The van der Waals surface area contributed by atoms with Gasteiger partial charge >= 0.3 is 5.97 Å². The van der Waals surface area contributed by atoms with Crippen molar-refractivity contribution in [2.24, 2.45) is 0 Å². The van der Waals surface area contributed by atoms with Gasteiger partial charge in [0.15, 0.2) is 6.10 Å². The molecule has 144 valence electrons. The van der Waals surface area contributed by atoms with Crippen molar-refractivity contribution in [1.29, 1.82) is 0 Å². The van der Waals surface area contributed by atoms with E-state index in [1.54, 1.807) is 25.1 Å². The highest BCUT2D eigenvalue weighted by Crippen LogP contribution is 2.27. The molecule has 0 saturated carbocycles. The van der Waals surface area contributed by atoms with Gasteiger partial charge in [0, 0.05) is 5.69 Å². The maximum absolute atomic E-state index is 12.4. The zero-order valence-electron chi connectivity index (χ0n) is 15.6. The molecule has 0 aromatic heterocycles. The van der Waals surface area contributed by atoms with E-state index < -0.39 is 12.1 Å². The highest BCUT2D eigenvalue weighted by atomic mass is 35.5. The number of amides is 1. The van der Waals surface area contributed by atoms with Gasteiger partial charge in [-0.2, -0.15) is 0 Å². The van der Waals surface area contributed by atoms with Crippen LogP contribution in [-0.4, -0.2) is 18.0 Å². The van der Waals surface area contributed by atoms with E-state index in [0.717, 1.165) is 17.7 Å². The lowest BCUT2D eigenvalue weighted by Gasteiger charge is -2.18. The van der Waals surface area contributed by atoms with Crippen LogP contribution in [0.4, 0.5) is 5.69 Å². The van der Waals surface area contributed by atoms with E-state index in [1.807, 2.05) is 24.3 Å². The summed E-state index contributed by atoms with van der Waals surface area (Å²) in [5, 5.41) is 3.64. The zero-order valence-corrected chi connectivity index (χ0v) is 17.1. The fourth-order valence-electron chi connectivity index (χ4n) is 2.60. The molecule has 0 unspecified atom stereocenters. The van der Waals surface area contributed by atoms with Crippen LogP contribution in [0.3, 0.4) is 0 Å². The second kappa shape index (κ2) is 9.77. The van der Waals surface area contributed by atoms with Crippen molar-refractivity contribution in [1.82, 2.24) is 0 Å². The van der Waals surface area contributed by atoms with Gasteiger partial charge < -0.3 is 10.1 Å². The minimum atomic E-state index is -0.912. The van der Waals surface area contributed by atoms with Gasteiger partial charge in [0.2, 0.25) is 0 Å². The van der Waals surface area contributed by atoms with Crippen LogP contribution in [0.2, 0.25) is 10.0 Å². The predicted molar refractivity (Wildman–Crippen MR) is 109 cm³/mol. The van der Waals surface area contributed by atoms with Gasteiger partial charge in [0.05, 0.1) is 16.5 Å². The van der Waals surface area contributed by atoms with Crippen molar-refractivity contribution in [3.63, 3.8) is 0 Å². The maximum atomic E-state index is 12.4. The summed E-state index contributed by atoms with van der Waals surface area (Å²) in [5.74, 6) is -0.562. The van der Waals surface area contributed by atoms with Crippen molar-refractivity contribution < 1.29 is 14.3 Å². The molecule has 4 nitrogen and oxygen atoms in total. The standard InChI is InChI=1S/C21H23Cl2NO3/c1-4-13(2)16-7-5-6-8-19(16)24-21(26)14(3)27-20(25)12-15-9-10-17(22)18(23)11-15/h5-11,13-14H,4,12H2,1-3H3,(H,24,26)/t13-,14-/m1/s1. The number of carbonyl (C=O) groups excluding carboxylic acids is 2. The van der Waals surface area contributed by atoms with E-state index in [9.17, 15) is 9.59 Å². The van der Waals surface area contributed by atoms with Crippen molar-refractivity contribution >= 4 is 40.8 Å². The summed E-state index contributed by atoms with van der Waals surface area (Å²) in [6.07, 6.45) is 0.0595. The van der Waals surface area contributed by atoms with Crippen LogP contribution in [0, 0.1) is 0 Å². The molecule has 6 heteroatoms. The molecule has 2 aromatic rings. The molecule has 1 N–H and O–H groups in total. The van der Waals surface area contributed by atoms with E-state index in [4.69, 9.17) is 27.9 Å². The molecule has 0 heterocycles. The third-order valence-electron chi connectivity index (χ3n) is 4.37. The molecular formula is C21H23Cl2NO3. The number of para-hydroxylation sites is 1. The van der Waals surface area contributed by atoms with Gasteiger partial charge in [0.25, 0.3) is 5.91 Å². The lowest BCUT2D eigenvalue weighted by atomic mass is 9.97. The Hall–Kier alpha value is -2.04. The van der Waals surface area contributed by atoms with Gasteiger partial charge in [-0.05, 0) is 48.6 Å². The number of halogens is 2. The second-order valence-electron chi connectivity index (χ2n) is 6.44. The Kier molecular flexibility index (Phi) is 7.69. The van der Waals surface area contributed by atoms with Crippen LogP contribution in [0.1, 0.15) is 44.2 Å². The number of hydrogen-bond donors (Lipinski definition) is 1. The summed E-state index contributed by atoms with van der Waals surface area (Å²) < 4.78 is 5.26. The number of benzene rings is 2. The Bertz CT molecular complexity index is 823. The number of ether oxygens (including phenoxy) is 1. The molecule has 2 atom stereocenters. The summed E-state index contributed by atoms with van der Waals surface area (Å²) in [6, 6.07) is 12.6. The molecule has 0 radical (unpaired) electrons. The van der Waals surface area contributed by atoms with E-state index in [-0.39, 0.29) is 12.3 Å². The topological polar surface area (TPSA) is 55.4 Å². The quantitative estimate of drug-likeness (QED) is 0.605. The Morgan fingerprint density at radius 2 is 1.78 bits per heavy atom. The molecular weight excluding hydrogens is 385 g/mol. The molecule has 0 aliphatic rings. The SMILES string of the molecule is CC[C@@H](C)c1ccccc1NC(=O)[C@@H](C)OC(=O)Cc1ccc(Cl)c(Cl)c1. The predicted octanol–water partition coefficient (Wildman–Crippen LogP) is 5.62. The molecule has 0 aliphatic carbocycles. The van der Waals surface area contributed by atoms with Crippen molar-refractivity contribution in [3.05, 3.63) is 63.6 Å². The molecule has 27 heavy (non-hydrogen) atoms. The normalized spacial score (nSPS) is 12.9. The third kappa shape index (κ3) is 5.98. The Balaban J connectivity index is 1.97. The first kappa shape index (κ1) is 21.3. The molecule has 2 aromatic carbocycles. The van der Waals surface area contributed by atoms with Gasteiger partial charge in [-0.3, -0.25) is 9.59 Å². The first-order valence-electron chi connectivity index (χ1n) is 8.85. The highest BCUT2D eigenvalue weighted by molar-refractivity contribution is 6.42. The number of esters is 1. The lowest BCUT2D eigenvalue weighted by Crippen LogP contribution is -2.30. The lowest BCUT2D eigenvalue weighted by molar-refractivity contribution is -0.152. The number of hydrogen-bond acceptors (Lipinski definition) is 3. The number of nitrogens with one attached hydrogen (secondary N) is 1. The third-order valence-corrected chi connectivity index (χ3v) is 5.11. The van der Waals surface area contributed by atoms with Crippen LogP contribution in [-0.2, 0) is 20.7 Å². The fourth-order valence-corrected chi connectivity index (χ4v) is 2.92. The number of rotatable bonds is 7. The number of carbonyl (C=O) groups is 2. The zero-order chi connectivity index (χ0) is 20.0. The van der Waals surface area contributed by atoms with Crippen LogP contribution in [0.25, 0.3) is 0 Å². The van der Waals surface area contributed by atoms with E-state index in [2.05, 4.69) is 19.2 Å². The Labute approximate surface area is 169 Å². The summed E-state index contributed by atoms with van der Waals surface area (Å²) in [4.78, 5) is 24.6. The summed E-state index contributed by atoms with van der Waals surface area (Å²) in [6.45, 7) is 5.75. The minimum Gasteiger partial charge on any atom is -0.452 e. The molecule has 0 aliphatic heterocycles. The Morgan fingerprint density at radius 3 is 2.44 bits per heavy atom. The summed E-state index contributed by atoms with van der Waals surface area (Å²) in [5.41, 5.74) is 2.47. The highest BCUT2D eigenvalue weighted by Gasteiger charge is 2.20. The van der Waals surface area contributed by atoms with E-state index in [1.165, 1.54) is 0 Å². The van der Waals surface area contributed by atoms with Crippen LogP contribution < -0.4 is 5.32 Å². The average Bonchev–Trinajstić information content (AvgIpc) is 2.64. The fraction of sp³-hybridized carbons (Fsp3) is 0.333. The monoisotopic (exact) mass is 407 g/mol. The molecule has 1 amide bonds. The van der Waals surface area contributed by atoms with Gasteiger partial charge in [-0.25, -0.2) is 0 Å². The van der Waals surface area contributed by atoms with Crippen LogP contribution >= 0.6 is 23.2 Å². The average molecular weight is 408 g/mol. The van der Waals surface area contributed by atoms with E-state index in [0.29, 0.717) is 21.5 Å². The van der Waals surface area contributed by atoms with Crippen LogP contribution in [0.15, 0.2) is 42.5 Å². The first-order valence-corrected chi connectivity index (χ1v) is 9.60. The molecule has 0 saturated heterocycles. The summed E-state index contributed by atoms with van der Waals surface area (Å²) >= 11 is 11.8. The van der Waals surface area contributed by atoms with Gasteiger partial charge in [-0.1, -0.05) is 61.3 Å². The second-order valence-corrected chi connectivity index (χ2v) is 7.26. The van der Waals surface area contributed by atoms with Crippen molar-refractivity contribution in [3.8, 4) is 0 Å². The van der Waals surface area contributed by atoms with Gasteiger partial charge in [0.1, 0.15) is 0 Å². The van der Waals surface area contributed by atoms with Crippen molar-refractivity contribution in [2.75, 3.05) is 5.32 Å². The smallest absolute Gasteiger partial charge is 0.311 e. The Morgan fingerprint density at radius 1 is 1.07 bits per heavy atom. The molecule has 2 rings (SSSR count). The summed E-state index contributed by atoms with van der Waals surface area (Å²) in [7, 11) is 0. The molecule has 0 fully saturated rings. The minimum absolute atomic E-state index is 0.0119.